The van der Waals surface area contributed by atoms with Crippen LogP contribution in [0.15, 0.2) is 181 Å². The van der Waals surface area contributed by atoms with Crippen LogP contribution in [0.4, 0.5) is 17.1 Å². The summed E-state index contributed by atoms with van der Waals surface area (Å²) in [6, 6.07) is 43.8. The van der Waals surface area contributed by atoms with E-state index in [0.29, 0.717) is 6.04 Å². The molecule has 0 fully saturated rings. The van der Waals surface area contributed by atoms with Crippen molar-refractivity contribution in [1.29, 1.82) is 0 Å². The van der Waals surface area contributed by atoms with Crippen molar-refractivity contribution in [3.63, 3.8) is 0 Å². The lowest BCUT2D eigenvalue weighted by molar-refractivity contribution is 0.596. The number of benzene rings is 5. The molecule has 2 heteroatoms. The number of hydrogen-bond acceptors (Lipinski definition) is 2. The van der Waals surface area contributed by atoms with Crippen LogP contribution in [0.3, 0.4) is 0 Å². The van der Waals surface area contributed by atoms with Crippen molar-refractivity contribution in [2.75, 3.05) is 9.80 Å². The van der Waals surface area contributed by atoms with Crippen LogP contribution < -0.4 is 9.80 Å². The van der Waals surface area contributed by atoms with E-state index in [4.69, 9.17) is 0 Å². The smallest absolute Gasteiger partial charge is 0.0520 e. The second-order valence-corrected chi connectivity index (χ2v) is 17.6. The van der Waals surface area contributed by atoms with E-state index in [1.165, 1.54) is 78.4 Å². The fraction of sp³-hybridized carbons (Fsp3) is 0.214. The molecule has 0 bridgehead atoms. The highest BCUT2D eigenvalue weighted by atomic mass is 15.2. The van der Waals surface area contributed by atoms with Crippen LogP contribution in [0.2, 0.25) is 0 Å². The van der Waals surface area contributed by atoms with Gasteiger partial charge in [-0.3, -0.25) is 0 Å². The van der Waals surface area contributed by atoms with Crippen molar-refractivity contribution < 1.29 is 0 Å². The van der Waals surface area contributed by atoms with E-state index in [2.05, 4.69) is 220 Å². The van der Waals surface area contributed by atoms with Crippen LogP contribution in [0.1, 0.15) is 86.8 Å². The zero-order valence-corrected chi connectivity index (χ0v) is 34.2. The van der Waals surface area contributed by atoms with Gasteiger partial charge < -0.3 is 9.80 Å². The topological polar surface area (TPSA) is 6.48 Å². The van der Waals surface area contributed by atoms with E-state index in [0.717, 1.165) is 25.7 Å². The summed E-state index contributed by atoms with van der Waals surface area (Å²) in [4.78, 5) is 5.10. The average Bonchev–Trinajstić information content (AvgIpc) is 3.63. The summed E-state index contributed by atoms with van der Waals surface area (Å²) in [5, 5.41) is 0. The second-order valence-electron chi connectivity index (χ2n) is 17.6. The summed E-state index contributed by atoms with van der Waals surface area (Å²) in [6.45, 7) is 9.55. The van der Waals surface area contributed by atoms with Gasteiger partial charge in [-0.25, -0.2) is 0 Å². The maximum atomic E-state index is 2.65. The number of rotatable bonds is 8. The molecule has 5 aromatic rings. The maximum Gasteiger partial charge on any atom is 0.0520 e. The molecule has 10 rings (SSSR count). The van der Waals surface area contributed by atoms with Gasteiger partial charge in [0.15, 0.2) is 0 Å². The van der Waals surface area contributed by atoms with E-state index in [1.54, 1.807) is 0 Å². The first-order valence-corrected chi connectivity index (χ1v) is 21.2. The Hall–Kier alpha value is -6.12. The van der Waals surface area contributed by atoms with Gasteiger partial charge in [0, 0.05) is 33.6 Å². The summed E-state index contributed by atoms with van der Waals surface area (Å²) in [5.74, 6) is 0. The lowest BCUT2D eigenvalue weighted by Gasteiger charge is -2.40. The Balaban J connectivity index is 0.910. The van der Waals surface area contributed by atoms with Gasteiger partial charge in [0.25, 0.3) is 0 Å². The number of allylic oxidation sites excluding steroid dienone is 8. The van der Waals surface area contributed by atoms with Crippen molar-refractivity contribution in [1.82, 2.24) is 0 Å². The van der Waals surface area contributed by atoms with Gasteiger partial charge in [-0.1, -0.05) is 167 Å². The Kier molecular flexibility index (Phi) is 8.97. The molecule has 286 valence electrons. The van der Waals surface area contributed by atoms with Crippen molar-refractivity contribution in [3.8, 4) is 11.1 Å². The summed E-state index contributed by atoms with van der Waals surface area (Å²) < 4.78 is 0. The van der Waals surface area contributed by atoms with E-state index >= 15 is 0 Å². The predicted octanol–water partition coefficient (Wildman–Crippen LogP) is 14.3. The lowest BCUT2D eigenvalue weighted by atomic mass is 9.79. The van der Waals surface area contributed by atoms with Gasteiger partial charge in [0.1, 0.15) is 0 Å². The summed E-state index contributed by atoms with van der Waals surface area (Å²) in [5.41, 5.74) is 18.5. The minimum absolute atomic E-state index is 0.00362. The van der Waals surface area contributed by atoms with Gasteiger partial charge in [-0.2, -0.15) is 0 Å². The maximum absolute atomic E-state index is 2.65. The first-order valence-electron chi connectivity index (χ1n) is 21.2. The molecule has 5 aliphatic carbocycles. The first-order chi connectivity index (χ1) is 28.3. The molecular weight excluding hydrogens is 701 g/mol. The SMILES string of the molecule is CC1(C)C2=CC(N(c3ccc(/C=C/c4ccc5c(c4)C(C)(C)c4cc(N(C6=CC=CCC6)c6ccccc6)ccc4-5)cc3)C3C=CC=CC3)CC=C2c2ccccc21. The number of fused-ring (bicyclic) bond motifs is 6. The van der Waals surface area contributed by atoms with E-state index in [-0.39, 0.29) is 16.9 Å². The first kappa shape index (κ1) is 36.2. The third kappa shape index (κ3) is 6.18. The molecule has 0 aromatic heterocycles. The van der Waals surface area contributed by atoms with Gasteiger partial charge >= 0.3 is 0 Å². The number of para-hydroxylation sites is 1. The van der Waals surface area contributed by atoms with Gasteiger partial charge in [0.05, 0.1) is 12.1 Å². The molecule has 2 atom stereocenters. The highest BCUT2D eigenvalue weighted by Crippen LogP contribution is 2.53. The third-order valence-corrected chi connectivity index (χ3v) is 13.3. The molecule has 5 aliphatic rings. The molecule has 0 N–H and O–H groups in total. The fourth-order valence-electron chi connectivity index (χ4n) is 10.3. The average molecular weight is 753 g/mol. The van der Waals surface area contributed by atoms with Crippen LogP contribution in [-0.4, -0.2) is 12.1 Å². The Morgan fingerprint density at radius 3 is 2.07 bits per heavy atom. The molecule has 0 amide bonds. The normalized spacial score (nSPS) is 20.4. The quantitative estimate of drug-likeness (QED) is 0.146. The Morgan fingerprint density at radius 2 is 1.29 bits per heavy atom. The summed E-state index contributed by atoms with van der Waals surface area (Å²) >= 11 is 0. The minimum Gasteiger partial charge on any atom is -0.358 e. The largest absolute Gasteiger partial charge is 0.358 e. The van der Waals surface area contributed by atoms with Crippen LogP contribution in [0.5, 0.6) is 0 Å². The van der Waals surface area contributed by atoms with Gasteiger partial charge in [0.2, 0.25) is 0 Å². The molecule has 0 saturated heterocycles. The third-order valence-electron chi connectivity index (χ3n) is 13.3. The van der Waals surface area contributed by atoms with Crippen molar-refractivity contribution in [2.24, 2.45) is 0 Å². The Morgan fingerprint density at radius 1 is 0.569 bits per heavy atom. The fourth-order valence-corrected chi connectivity index (χ4v) is 10.3. The van der Waals surface area contributed by atoms with Crippen molar-refractivity contribution >= 4 is 34.8 Å². The van der Waals surface area contributed by atoms with Gasteiger partial charge in [-0.15, -0.1) is 0 Å². The molecule has 0 heterocycles. The van der Waals surface area contributed by atoms with Crippen LogP contribution >= 0.6 is 0 Å². The van der Waals surface area contributed by atoms with E-state index < -0.39 is 0 Å². The summed E-state index contributed by atoms with van der Waals surface area (Å²) in [6.07, 6.45) is 29.6. The molecule has 58 heavy (non-hydrogen) atoms. The molecule has 2 nitrogen and oxygen atoms in total. The minimum atomic E-state index is -0.123. The molecule has 0 spiro atoms. The van der Waals surface area contributed by atoms with Crippen LogP contribution in [-0.2, 0) is 10.8 Å². The molecule has 5 aromatic carbocycles. The molecular formula is C56H52N2. The Bertz CT molecular complexity index is 2620. The lowest BCUT2D eigenvalue weighted by Crippen LogP contribution is -2.43. The zero-order chi connectivity index (χ0) is 39.4. The second kappa shape index (κ2) is 14.4. The van der Waals surface area contributed by atoms with Crippen molar-refractivity contribution in [3.05, 3.63) is 215 Å². The molecule has 0 radical (unpaired) electrons. The Labute approximate surface area is 345 Å². The van der Waals surface area contributed by atoms with E-state index in [1.807, 2.05) is 0 Å². The molecule has 0 saturated carbocycles. The van der Waals surface area contributed by atoms with Crippen LogP contribution in [0, 0.1) is 0 Å². The monoisotopic (exact) mass is 752 g/mol. The predicted molar refractivity (Wildman–Crippen MR) is 248 cm³/mol. The molecule has 2 unspecified atom stereocenters. The highest BCUT2D eigenvalue weighted by molar-refractivity contribution is 5.91. The van der Waals surface area contributed by atoms with Gasteiger partial charge in [-0.05, 0) is 124 Å². The number of hydrogen-bond donors (Lipinski definition) is 0. The number of anilines is 3. The standard InChI is InChI=1S/C56H52N2/c1-55(2)51-23-15-14-22-47(51)49-34-31-46(37-53(49)55)58(43-20-12-7-13-21-43)44-29-26-39(27-30-44)24-25-40-28-33-48-50-35-32-45(38-54(50)56(3,4)52(48)36-40)57(41-16-8-5-9-17-41)42-18-10-6-11-19-42/h5-10,12-18,20,22-30,32-38,43,46H,11,19,21,31H2,1-4H3/b25-24+. The zero-order valence-electron chi connectivity index (χ0n) is 34.2. The van der Waals surface area contributed by atoms with Crippen molar-refractivity contribution in [2.45, 2.75) is 76.3 Å². The van der Waals surface area contributed by atoms with E-state index in [9.17, 15) is 0 Å². The highest BCUT2D eigenvalue weighted by Gasteiger charge is 2.41. The number of nitrogens with zero attached hydrogens (tertiary/aromatic N) is 2. The molecule has 0 aliphatic heterocycles. The summed E-state index contributed by atoms with van der Waals surface area (Å²) in [7, 11) is 0. The van der Waals surface area contributed by atoms with Crippen LogP contribution in [0.25, 0.3) is 28.9 Å².